The Morgan fingerprint density at radius 2 is 1.71 bits per heavy atom. The molecule has 1 aromatic heterocycles. The van der Waals surface area contributed by atoms with Crippen LogP contribution in [-0.2, 0) is 17.2 Å². The van der Waals surface area contributed by atoms with E-state index in [0.717, 1.165) is 86.3 Å². The Bertz CT molecular complexity index is 1150. The first kappa shape index (κ1) is 21.4. The Balaban J connectivity index is 1.15. The van der Waals surface area contributed by atoms with Crippen LogP contribution in [0.2, 0.25) is 5.02 Å². The predicted molar refractivity (Wildman–Crippen MR) is 134 cm³/mol. The van der Waals surface area contributed by atoms with Crippen LogP contribution in [0.15, 0.2) is 29.2 Å². The van der Waals surface area contributed by atoms with Crippen LogP contribution < -0.4 is 15.1 Å². The van der Waals surface area contributed by atoms with Gasteiger partial charge in [-0.2, -0.15) is 4.98 Å². The van der Waals surface area contributed by atoms with Gasteiger partial charge >= 0.3 is 0 Å². The minimum atomic E-state index is -1.07. The third kappa shape index (κ3) is 3.28. The summed E-state index contributed by atoms with van der Waals surface area (Å²) in [6.07, 6.45) is 5.73. The SMILES string of the molecule is O=[S@]1c2c(nc(N3CC4CN(c5ccc(Cl)cc5)CC4C3)nc2NC2(CO)CCC2)CC12CC2. The lowest BCUT2D eigenvalue weighted by Crippen LogP contribution is -2.48. The summed E-state index contributed by atoms with van der Waals surface area (Å²) in [6.45, 7) is 4.01. The molecule has 2 unspecified atom stereocenters. The molecule has 2 aliphatic carbocycles. The fourth-order valence-electron chi connectivity index (χ4n) is 6.31. The summed E-state index contributed by atoms with van der Waals surface area (Å²) < 4.78 is 13.3. The van der Waals surface area contributed by atoms with Crippen molar-refractivity contribution in [1.82, 2.24) is 9.97 Å². The van der Waals surface area contributed by atoms with Crippen LogP contribution in [0.25, 0.3) is 0 Å². The second-order valence-electron chi connectivity index (χ2n) is 11.0. The van der Waals surface area contributed by atoms with E-state index in [9.17, 15) is 9.32 Å². The van der Waals surface area contributed by atoms with Gasteiger partial charge in [0.2, 0.25) is 5.95 Å². The molecule has 2 aromatic rings. The summed E-state index contributed by atoms with van der Waals surface area (Å²) >= 11 is 6.07. The molecule has 2 N–H and O–H groups in total. The van der Waals surface area contributed by atoms with Gasteiger partial charge in [0, 0.05) is 55.1 Å². The van der Waals surface area contributed by atoms with Crippen molar-refractivity contribution in [1.29, 1.82) is 0 Å². The number of benzene rings is 1. The molecule has 2 saturated heterocycles. The predicted octanol–water partition coefficient (Wildman–Crippen LogP) is 3.23. The number of rotatable bonds is 5. The molecule has 34 heavy (non-hydrogen) atoms. The number of halogens is 1. The Hall–Kier alpha value is -1.90. The van der Waals surface area contributed by atoms with Crippen LogP contribution >= 0.6 is 11.6 Å². The van der Waals surface area contributed by atoms with Gasteiger partial charge in [-0.3, -0.25) is 4.21 Å². The molecule has 1 aromatic carbocycles. The standard InChI is InChI=1S/C25H30ClN5O2S/c26-18-2-4-19(5-3-18)30-11-16-13-31(14-17(16)12-30)23-27-20-10-25(8-9-25)34(33)21(20)22(28-23)29-24(15-32)6-1-7-24/h2-5,16-17,32H,1,6-15H2,(H,27,28,29)/t16?,17?,34-/m0/s1. The average Bonchev–Trinajstić information content (AvgIpc) is 3.17. The summed E-state index contributed by atoms with van der Waals surface area (Å²) in [5, 5.41) is 14.4. The largest absolute Gasteiger partial charge is 0.394 e. The third-order valence-electron chi connectivity index (χ3n) is 8.76. The highest BCUT2D eigenvalue weighted by atomic mass is 35.5. The minimum Gasteiger partial charge on any atom is -0.394 e. The van der Waals surface area contributed by atoms with Crippen molar-refractivity contribution in [2.45, 2.75) is 53.7 Å². The first-order chi connectivity index (χ1) is 16.5. The van der Waals surface area contributed by atoms with E-state index in [1.54, 1.807) is 0 Å². The molecule has 7 nitrogen and oxygen atoms in total. The molecule has 3 aliphatic heterocycles. The van der Waals surface area contributed by atoms with Crippen molar-refractivity contribution in [3.05, 3.63) is 35.0 Å². The molecule has 4 heterocycles. The topological polar surface area (TPSA) is 81.6 Å². The fraction of sp³-hybridized carbons (Fsp3) is 0.600. The maximum atomic E-state index is 13.4. The minimum absolute atomic E-state index is 0.0767. The summed E-state index contributed by atoms with van der Waals surface area (Å²) in [7, 11) is -1.07. The van der Waals surface area contributed by atoms with E-state index in [2.05, 4.69) is 27.2 Å². The normalized spacial score (nSPS) is 29.8. The van der Waals surface area contributed by atoms with E-state index < -0.39 is 10.8 Å². The third-order valence-corrected chi connectivity index (χ3v) is 11.1. The number of fused-ring (bicyclic) bond motifs is 2. The first-order valence-electron chi connectivity index (χ1n) is 12.4. The molecular weight excluding hydrogens is 470 g/mol. The molecule has 4 fully saturated rings. The number of aliphatic hydroxyl groups is 1. The number of anilines is 3. The molecule has 3 atom stereocenters. The summed E-state index contributed by atoms with van der Waals surface area (Å²) in [5.74, 6) is 2.61. The van der Waals surface area contributed by atoms with E-state index in [-0.39, 0.29) is 16.9 Å². The number of nitrogens with zero attached hydrogens (tertiary/aromatic N) is 4. The summed E-state index contributed by atoms with van der Waals surface area (Å²) in [6, 6.07) is 8.13. The number of aromatic nitrogens is 2. The maximum Gasteiger partial charge on any atom is 0.227 e. The van der Waals surface area contributed by atoms with Gasteiger partial charge in [-0.1, -0.05) is 11.6 Å². The molecule has 0 amide bonds. The molecular formula is C25H30ClN5O2S. The van der Waals surface area contributed by atoms with Crippen LogP contribution in [0, 0.1) is 11.8 Å². The van der Waals surface area contributed by atoms with Gasteiger partial charge < -0.3 is 20.2 Å². The molecule has 0 bridgehead atoms. The Labute approximate surface area is 207 Å². The first-order valence-corrected chi connectivity index (χ1v) is 14.0. The summed E-state index contributed by atoms with van der Waals surface area (Å²) in [5.41, 5.74) is 1.86. The molecule has 1 spiro atoms. The lowest BCUT2D eigenvalue weighted by atomic mass is 9.77. The molecule has 180 valence electrons. The lowest BCUT2D eigenvalue weighted by molar-refractivity contribution is 0.143. The number of hydrogen-bond acceptors (Lipinski definition) is 7. The zero-order chi connectivity index (χ0) is 23.1. The van der Waals surface area contributed by atoms with Gasteiger partial charge in [0.05, 0.1) is 33.4 Å². The van der Waals surface area contributed by atoms with Crippen LogP contribution in [0.1, 0.15) is 37.8 Å². The van der Waals surface area contributed by atoms with Crippen molar-refractivity contribution in [3.63, 3.8) is 0 Å². The van der Waals surface area contributed by atoms with E-state index >= 15 is 0 Å². The molecule has 2 saturated carbocycles. The zero-order valence-electron chi connectivity index (χ0n) is 19.2. The van der Waals surface area contributed by atoms with E-state index in [4.69, 9.17) is 21.6 Å². The second-order valence-corrected chi connectivity index (χ2v) is 13.2. The second kappa shape index (κ2) is 7.55. The summed E-state index contributed by atoms with van der Waals surface area (Å²) in [4.78, 5) is 15.5. The quantitative estimate of drug-likeness (QED) is 0.653. The van der Waals surface area contributed by atoms with Gasteiger partial charge in [-0.25, -0.2) is 4.98 Å². The van der Waals surface area contributed by atoms with Crippen molar-refractivity contribution in [2.75, 3.05) is 47.9 Å². The molecule has 5 aliphatic rings. The lowest BCUT2D eigenvalue weighted by Gasteiger charge is -2.41. The molecule has 0 radical (unpaired) electrons. The van der Waals surface area contributed by atoms with Gasteiger partial charge in [0.25, 0.3) is 0 Å². The van der Waals surface area contributed by atoms with Crippen molar-refractivity contribution < 1.29 is 9.32 Å². The van der Waals surface area contributed by atoms with Gasteiger partial charge in [0.1, 0.15) is 10.7 Å². The van der Waals surface area contributed by atoms with Crippen LogP contribution in [-0.4, -0.2) is 62.4 Å². The van der Waals surface area contributed by atoms with Gasteiger partial charge in [0.15, 0.2) is 0 Å². The van der Waals surface area contributed by atoms with Crippen molar-refractivity contribution in [2.24, 2.45) is 11.8 Å². The van der Waals surface area contributed by atoms with Crippen LogP contribution in [0.3, 0.4) is 0 Å². The smallest absolute Gasteiger partial charge is 0.227 e. The van der Waals surface area contributed by atoms with Crippen LogP contribution in [0.5, 0.6) is 0 Å². The average molecular weight is 500 g/mol. The van der Waals surface area contributed by atoms with Crippen LogP contribution in [0.4, 0.5) is 17.5 Å². The highest BCUT2D eigenvalue weighted by Crippen LogP contribution is 2.54. The number of aliphatic hydroxyl groups excluding tert-OH is 1. The number of nitrogens with one attached hydrogen (secondary N) is 1. The Morgan fingerprint density at radius 1 is 1.03 bits per heavy atom. The molecule has 7 rings (SSSR count). The fourth-order valence-corrected chi connectivity index (χ4v) is 8.21. The van der Waals surface area contributed by atoms with Crippen molar-refractivity contribution >= 4 is 39.9 Å². The molecule has 9 heteroatoms. The Kier molecular flexibility index (Phi) is 4.75. The zero-order valence-corrected chi connectivity index (χ0v) is 20.7. The monoisotopic (exact) mass is 499 g/mol. The van der Waals surface area contributed by atoms with E-state index in [0.29, 0.717) is 17.7 Å². The highest BCUT2D eigenvalue weighted by Gasteiger charge is 2.56. The van der Waals surface area contributed by atoms with Crippen molar-refractivity contribution in [3.8, 4) is 0 Å². The van der Waals surface area contributed by atoms with E-state index in [1.165, 1.54) is 5.69 Å². The Morgan fingerprint density at radius 3 is 2.29 bits per heavy atom. The maximum absolute atomic E-state index is 13.4. The van der Waals surface area contributed by atoms with Gasteiger partial charge in [-0.05, 0) is 56.4 Å². The van der Waals surface area contributed by atoms with Gasteiger partial charge in [-0.15, -0.1) is 0 Å². The number of hydrogen-bond donors (Lipinski definition) is 2. The van der Waals surface area contributed by atoms with E-state index in [1.807, 2.05) is 12.1 Å². The highest BCUT2D eigenvalue weighted by molar-refractivity contribution is 7.87.